The van der Waals surface area contributed by atoms with Gasteiger partial charge in [0.2, 0.25) is 0 Å². The van der Waals surface area contributed by atoms with Gasteiger partial charge in [-0.3, -0.25) is 0 Å². The highest BCUT2D eigenvalue weighted by Crippen LogP contribution is 2.27. The normalized spacial score (nSPS) is 11.5. The largest absolute Gasteiger partial charge is 0.409 e. The van der Waals surface area contributed by atoms with Crippen LogP contribution in [0.25, 0.3) is 0 Å². The lowest BCUT2D eigenvalue weighted by Gasteiger charge is -2.03. The number of hydrogen-bond acceptors (Lipinski definition) is 4. The van der Waals surface area contributed by atoms with Crippen molar-refractivity contribution < 1.29 is 5.21 Å². The molecule has 18 heavy (non-hydrogen) atoms. The van der Waals surface area contributed by atoms with Gasteiger partial charge in [-0.25, -0.2) is 4.98 Å². The van der Waals surface area contributed by atoms with Crippen molar-refractivity contribution in [3.63, 3.8) is 0 Å². The van der Waals surface area contributed by atoms with Gasteiger partial charge in [-0.1, -0.05) is 40.7 Å². The van der Waals surface area contributed by atoms with Crippen LogP contribution in [0.3, 0.4) is 0 Å². The van der Waals surface area contributed by atoms with Crippen molar-refractivity contribution in [1.29, 1.82) is 0 Å². The number of pyridine rings is 1. The second-order valence-corrected chi connectivity index (χ2v) is 4.94. The zero-order chi connectivity index (χ0) is 13.0. The number of oxime groups is 1. The summed E-state index contributed by atoms with van der Waals surface area (Å²) in [6.07, 6.45) is 0. The average molecular weight is 280 g/mol. The minimum absolute atomic E-state index is 0.0106. The summed E-state index contributed by atoms with van der Waals surface area (Å²) in [4.78, 5) is 5.25. The van der Waals surface area contributed by atoms with Gasteiger partial charge in [0.05, 0.1) is 0 Å². The molecule has 6 heteroatoms. The molecule has 3 N–H and O–H groups in total. The topological polar surface area (TPSA) is 71.5 Å². The summed E-state index contributed by atoms with van der Waals surface area (Å²) in [7, 11) is 0. The fourth-order valence-corrected chi connectivity index (χ4v) is 2.44. The summed E-state index contributed by atoms with van der Waals surface area (Å²) in [6, 6.07) is 12.8. The molecule has 0 saturated heterocycles. The molecular formula is C12H10ClN3OS. The number of aromatic nitrogens is 1. The van der Waals surface area contributed by atoms with Gasteiger partial charge in [-0.2, -0.15) is 0 Å². The third-order valence-corrected chi connectivity index (χ3v) is 3.27. The van der Waals surface area contributed by atoms with Gasteiger partial charge in [-0.15, -0.1) is 0 Å². The van der Waals surface area contributed by atoms with Crippen LogP contribution in [0, 0.1) is 0 Å². The third-order valence-electron chi connectivity index (χ3n) is 2.11. The van der Waals surface area contributed by atoms with Gasteiger partial charge in [-0.05, 0) is 30.3 Å². The Hall–Kier alpha value is -1.72. The average Bonchev–Trinajstić information content (AvgIpc) is 2.38. The maximum absolute atomic E-state index is 8.60. The van der Waals surface area contributed by atoms with Gasteiger partial charge in [0.15, 0.2) is 5.84 Å². The molecule has 0 aliphatic heterocycles. The smallest absolute Gasteiger partial charge is 0.188 e. The molecule has 0 aliphatic rings. The Morgan fingerprint density at radius 1 is 1.28 bits per heavy atom. The van der Waals surface area contributed by atoms with Gasteiger partial charge in [0, 0.05) is 9.92 Å². The van der Waals surface area contributed by atoms with Crippen LogP contribution in [-0.2, 0) is 0 Å². The number of amidine groups is 1. The third kappa shape index (κ3) is 3.15. The fraction of sp³-hybridized carbons (Fsp3) is 0. The lowest BCUT2D eigenvalue weighted by Crippen LogP contribution is -2.14. The lowest BCUT2D eigenvalue weighted by atomic mass is 10.3. The zero-order valence-corrected chi connectivity index (χ0v) is 10.8. The van der Waals surface area contributed by atoms with Crippen LogP contribution < -0.4 is 5.73 Å². The minimum atomic E-state index is -0.0106. The van der Waals surface area contributed by atoms with Crippen molar-refractivity contribution in [1.82, 2.24) is 4.98 Å². The van der Waals surface area contributed by atoms with Crippen molar-refractivity contribution in [2.45, 2.75) is 9.92 Å². The van der Waals surface area contributed by atoms with E-state index in [1.165, 1.54) is 11.8 Å². The predicted molar refractivity (Wildman–Crippen MR) is 72.3 cm³/mol. The molecular weight excluding hydrogens is 270 g/mol. The van der Waals surface area contributed by atoms with Crippen LogP contribution in [0.5, 0.6) is 0 Å². The summed E-state index contributed by atoms with van der Waals surface area (Å²) < 4.78 is 0. The summed E-state index contributed by atoms with van der Waals surface area (Å²) in [5, 5.41) is 13.0. The molecule has 0 saturated carbocycles. The number of halogens is 1. The molecule has 0 atom stereocenters. The van der Waals surface area contributed by atoms with Gasteiger partial charge in [0.1, 0.15) is 10.7 Å². The standard InChI is InChI=1S/C12H10ClN3OS/c13-8-3-1-4-9(7-8)18-11-6-2-5-10(15-11)12(14)16-17/h1-7,17H,(H2,14,16). The van der Waals surface area contributed by atoms with Gasteiger partial charge >= 0.3 is 0 Å². The molecule has 0 amide bonds. The van der Waals surface area contributed by atoms with Crippen LogP contribution in [0.15, 0.2) is 57.5 Å². The van der Waals surface area contributed by atoms with E-state index >= 15 is 0 Å². The molecule has 1 aromatic heterocycles. The number of hydrogen-bond donors (Lipinski definition) is 2. The summed E-state index contributed by atoms with van der Waals surface area (Å²) in [6.45, 7) is 0. The predicted octanol–water partition coefficient (Wildman–Crippen LogP) is 2.98. The van der Waals surface area contributed by atoms with Crippen LogP contribution in [0.1, 0.15) is 5.69 Å². The monoisotopic (exact) mass is 279 g/mol. The molecule has 4 nitrogen and oxygen atoms in total. The summed E-state index contributed by atoms with van der Waals surface area (Å²) in [5.74, 6) is -0.0106. The maximum Gasteiger partial charge on any atom is 0.188 e. The van der Waals surface area contributed by atoms with E-state index in [2.05, 4.69) is 10.1 Å². The van der Waals surface area contributed by atoms with Gasteiger partial charge in [0.25, 0.3) is 0 Å². The highest BCUT2D eigenvalue weighted by Gasteiger charge is 2.04. The van der Waals surface area contributed by atoms with Crippen LogP contribution in [0.2, 0.25) is 5.02 Å². The molecule has 92 valence electrons. The molecule has 0 bridgehead atoms. The maximum atomic E-state index is 8.60. The minimum Gasteiger partial charge on any atom is -0.409 e. The van der Waals surface area contributed by atoms with Crippen LogP contribution >= 0.6 is 23.4 Å². The summed E-state index contributed by atoms with van der Waals surface area (Å²) in [5.41, 5.74) is 5.92. The van der Waals surface area contributed by atoms with Crippen molar-refractivity contribution >= 4 is 29.2 Å². The molecule has 2 aromatic rings. The Labute approximate surface area is 113 Å². The Morgan fingerprint density at radius 3 is 2.78 bits per heavy atom. The molecule has 0 fully saturated rings. The Bertz CT molecular complexity index is 589. The first-order valence-electron chi connectivity index (χ1n) is 5.07. The second-order valence-electron chi connectivity index (χ2n) is 3.41. The first-order chi connectivity index (χ1) is 8.69. The Morgan fingerprint density at radius 2 is 2.06 bits per heavy atom. The van der Waals surface area contributed by atoms with Crippen molar-refractivity contribution in [3.05, 3.63) is 53.2 Å². The molecule has 1 heterocycles. The van der Waals surface area contributed by atoms with Crippen molar-refractivity contribution in [2.75, 3.05) is 0 Å². The lowest BCUT2D eigenvalue weighted by molar-refractivity contribution is 0.318. The number of nitrogens with two attached hydrogens (primary N) is 1. The van der Waals surface area contributed by atoms with E-state index in [0.717, 1.165) is 9.92 Å². The van der Waals surface area contributed by atoms with Crippen LogP contribution in [0.4, 0.5) is 0 Å². The molecule has 0 unspecified atom stereocenters. The second kappa shape index (κ2) is 5.75. The SMILES string of the molecule is NC(=NO)c1cccc(Sc2cccc(Cl)c2)n1. The van der Waals surface area contributed by atoms with Gasteiger partial charge < -0.3 is 10.9 Å². The van der Waals surface area contributed by atoms with Crippen molar-refractivity contribution in [3.8, 4) is 0 Å². The van der Waals surface area contributed by atoms with Crippen LogP contribution in [-0.4, -0.2) is 16.0 Å². The van der Waals surface area contributed by atoms with Crippen molar-refractivity contribution in [2.24, 2.45) is 10.9 Å². The molecule has 2 rings (SSSR count). The van der Waals surface area contributed by atoms with E-state index < -0.39 is 0 Å². The Kier molecular flexibility index (Phi) is 4.07. The number of benzene rings is 1. The molecule has 0 spiro atoms. The first kappa shape index (κ1) is 12.7. The van der Waals surface area contributed by atoms with E-state index in [9.17, 15) is 0 Å². The summed E-state index contributed by atoms with van der Waals surface area (Å²) >= 11 is 7.37. The highest BCUT2D eigenvalue weighted by atomic mass is 35.5. The first-order valence-corrected chi connectivity index (χ1v) is 6.27. The van der Waals surface area contributed by atoms with E-state index in [-0.39, 0.29) is 5.84 Å². The molecule has 1 aromatic carbocycles. The number of nitrogens with zero attached hydrogens (tertiary/aromatic N) is 2. The fourth-order valence-electron chi connectivity index (χ4n) is 1.32. The quantitative estimate of drug-likeness (QED) is 0.392. The van der Waals surface area contributed by atoms with E-state index in [0.29, 0.717) is 10.7 Å². The molecule has 0 radical (unpaired) electrons. The zero-order valence-electron chi connectivity index (χ0n) is 9.25. The number of rotatable bonds is 3. The van der Waals surface area contributed by atoms with E-state index in [1.54, 1.807) is 12.1 Å². The Balaban J connectivity index is 2.24. The highest BCUT2D eigenvalue weighted by molar-refractivity contribution is 7.99. The van der Waals surface area contributed by atoms with E-state index in [1.807, 2.05) is 30.3 Å². The van der Waals surface area contributed by atoms with E-state index in [4.69, 9.17) is 22.5 Å². The molecule has 0 aliphatic carbocycles.